The van der Waals surface area contributed by atoms with Crippen molar-refractivity contribution in [3.8, 4) is 11.3 Å². The summed E-state index contributed by atoms with van der Waals surface area (Å²) in [7, 11) is 0. The summed E-state index contributed by atoms with van der Waals surface area (Å²) in [6.07, 6.45) is 0. The largest absolute Gasteiger partial charge is 0.477 e. The SMILES string of the molecule is Cc1cc(C(=O)O)nc2cc(-c3ccccc3F)nn12. The Morgan fingerprint density at radius 1 is 1.30 bits per heavy atom. The second kappa shape index (κ2) is 4.41. The normalized spacial score (nSPS) is 10.9. The van der Waals surface area contributed by atoms with Crippen LogP contribution >= 0.6 is 0 Å². The first-order valence-electron chi connectivity index (χ1n) is 5.92. The average molecular weight is 271 g/mol. The van der Waals surface area contributed by atoms with Crippen molar-refractivity contribution in [3.63, 3.8) is 0 Å². The van der Waals surface area contributed by atoms with E-state index in [-0.39, 0.29) is 11.5 Å². The van der Waals surface area contributed by atoms with Crippen molar-refractivity contribution in [3.05, 3.63) is 53.6 Å². The molecule has 1 N–H and O–H groups in total. The molecule has 0 amide bonds. The summed E-state index contributed by atoms with van der Waals surface area (Å²) in [5.74, 6) is -1.49. The number of carboxylic acid groups (broad SMARTS) is 1. The van der Waals surface area contributed by atoms with Crippen molar-refractivity contribution in [2.75, 3.05) is 0 Å². The van der Waals surface area contributed by atoms with Gasteiger partial charge in [-0.25, -0.2) is 18.7 Å². The van der Waals surface area contributed by atoms with Crippen LogP contribution in [0.15, 0.2) is 36.4 Å². The van der Waals surface area contributed by atoms with Crippen LogP contribution in [0.2, 0.25) is 0 Å². The molecule has 0 fully saturated rings. The number of halogens is 1. The molecule has 0 aliphatic heterocycles. The monoisotopic (exact) mass is 271 g/mol. The van der Waals surface area contributed by atoms with Gasteiger partial charge in [0.25, 0.3) is 0 Å². The van der Waals surface area contributed by atoms with Crippen molar-refractivity contribution in [2.45, 2.75) is 6.92 Å². The smallest absolute Gasteiger partial charge is 0.354 e. The third-order valence-corrected chi connectivity index (χ3v) is 2.97. The van der Waals surface area contributed by atoms with Gasteiger partial charge in [0.05, 0.1) is 5.69 Å². The van der Waals surface area contributed by atoms with Gasteiger partial charge in [0.1, 0.15) is 5.82 Å². The van der Waals surface area contributed by atoms with Gasteiger partial charge in [-0.1, -0.05) is 12.1 Å². The highest BCUT2D eigenvalue weighted by atomic mass is 19.1. The second-order valence-corrected chi connectivity index (χ2v) is 4.37. The third-order valence-electron chi connectivity index (χ3n) is 2.97. The van der Waals surface area contributed by atoms with E-state index in [1.54, 1.807) is 31.2 Å². The number of carbonyl (C=O) groups is 1. The van der Waals surface area contributed by atoms with Crippen molar-refractivity contribution in [2.24, 2.45) is 0 Å². The minimum absolute atomic E-state index is 0.0602. The number of hydrogen-bond donors (Lipinski definition) is 1. The van der Waals surface area contributed by atoms with Crippen molar-refractivity contribution in [1.29, 1.82) is 0 Å². The van der Waals surface area contributed by atoms with Gasteiger partial charge in [-0.2, -0.15) is 5.10 Å². The van der Waals surface area contributed by atoms with Crippen LogP contribution < -0.4 is 0 Å². The number of aromatic nitrogens is 3. The summed E-state index contributed by atoms with van der Waals surface area (Å²) in [5, 5.41) is 13.2. The van der Waals surface area contributed by atoms with Crippen LogP contribution in [-0.4, -0.2) is 25.7 Å². The summed E-state index contributed by atoms with van der Waals surface area (Å²) in [6, 6.07) is 9.27. The molecule has 0 unspecified atom stereocenters. The lowest BCUT2D eigenvalue weighted by molar-refractivity contribution is 0.0690. The standard InChI is InChI=1S/C14H10FN3O2/c1-8-6-12(14(19)20)16-13-7-11(17-18(8)13)9-4-2-3-5-10(9)15/h2-7H,1H3,(H,19,20). The number of aromatic carboxylic acids is 1. The Balaban J connectivity index is 2.23. The van der Waals surface area contributed by atoms with Gasteiger partial charge in [0.2, 0.25) is 0 Å². The molecule has 2 heterocycles. The quantitative estimate of drug-likeness (QED) is 0.777. The molecule has 5 nitrogen and oxygen atoms in total. The Bertz CT molecular complexity index is 826. The molecule has 1 aromatic carbocycles. The van der Waals surface area contributed by atoms with E-state index in [2.05, 4.69) is 10.1 Å². The van der Waals surface area contributed by atoms with E-state index in [1.165, 1.54) is 16.6 Å². The lowest BCUT2D eigenvalue weighted by atomic mass is 10.1. The fourth-order valence-corrected chi connectivity index (χ4v) is 2.04. The number of rotatable bonds is 2. The molecular weight excluding hydrogens is 261 g/mol. The highest BCUT2D eigenvalue weighted by Gasteiger charge is 2.13. The molecule has 0 atom stereocenters. The molecule has 0 saturated carbocycles. The van der Waals surface area contributed by atoms with Crippen LogP contribution in [0.4, 0.5) is 4.39 Å². The third kappa shape index (κ3) is 1.91. The van der Waals surface area contributed by atoms with E-state index in [0.717, 1.165) is 0 Å². The van der Waals surface area contributed by atoms with E-state index in [9.17, 15) is 9.18 Å². The van der Waals surface area contributed by atoms with Gasteiger partial charge >= 0.3 is 5.97 Å². The van der Waals surface area contributed by atoms with Crippen LogP contribution in [-0.2, 0) is 0 Å². The lowest BCUT2D eigenvalue weighted by Gasteiger charge is -2.00. The summed E-state index contributed by atoms with van der Waals surface area (Å²) >= 11 is 0. The summed E-state index contributed by atoms with van der Waals surface area (Å²) in [4.78, 5) is 15.0. The van der Waals surface area contributed by atoms with Crippen molar-refractivity contribution >= 4 is 11.6 Å². The minimum atomic E-state index is -1.11. The van der Waals surface area contributed by atoms with Crippen LogP contribution in [0.3, 0.4) is 0 Å². The minimum Gasteiger partial charge on any atom is -0.477 e. The van der Waals surface area contributed by atoms with Crippen LogP contribution in [0, 0.1) is 12.7 Å². The maximum absolute atomic E-state index is 13.7. The molecule has 20 heavy (non-hydrogen) atoms. The summed E-state index contributed by atoms with van der Waals surface area (Å²) < 4.78 is 15.2. The number of benzene rings is 1. The number of carboxylic acids is 1. The molecule has 3 rings (SSSR count). The Labute approximate surface area is 113 Å². The lowest BCUT2D eigenvalue weighted by Crippen LogP contribution is -2.05. The first kappa shape index (κ1) is 12.3. The summed E-state index contributed by atoms with van der Waals surface area (Å²) in [6.45, 7) is 1.72. The molecule has 100 valence electrons. The van der Waals surface area contributed by atoms with Gasteiger partial charge in [-0.3, -0.25) is 0 Å². The highest BCUT2D eigenvalue weighted by Crippen LogP contribution is 2.22. The average Bonchev–Trinajstić information content (AvgIpc) is 2.83. The Morgan fingerprint density at radius 2 is 2.05 bits per heavy atom. The molecule has 0 radical (unpaired) electrons. The Morgan fingerprint density at radius 3 is 2.75 bits per heavy atom. The zero-order chi connectivity index (χ0) is 14.3. The molecule has 0 saturated heterocycles. The van der Waals surface area contributed by atoms with Crippen LogP contribution in [0.25, 0.3) is 16.9 Å². The molecule has 0 bridgehead atoms. The van der Waals surface area contributed by atoms with E-state index in [1.807, 2.05) is 0 Å². The van der Waals surface area contributed by atoms with E-state index in [4.69, 9.17) is 5.11 Å². The van der Waals surface area contributed by atoms with Gasteiger partial charge < -0.3 is 5.11 Å². The molecule has 0 aliphatic rings. The number of hydrogen-bond acceptors (Lipinski definition) is 3. The zero-order valence-electron chi connectivity index (χ0n) is 10.5. The van der Waals surface area contributed by atoms with Gasteiger partial charge in [0, 0.05) is 17.3 Å². The number of aryl methyl sites for hydroxylation is 1. The molecule has 6 heteroatoms. The molecule has 0 aliphatic carbocycles. The molecule has 0 spiro atoms. The predicted octanol–water partition coefficient (Wildman–Crippen LogP) is 2.54. The van der Waals surface area contributed by atoms with Crippen molar-refractivity contribution in [1.82, 2.24) is 14.6 Å². The Kier molecular flexibility index (Phi) is 2.71. The van der Waals surface area contributed by atoms with Crippen LogP contribution in [0.1, 0.15) is 16.2 Å². The van der Waals surface area contributed by atoms with Gasteiger partial charge in [-0.15, -0.1) is 0 Å². The topological polar surface area (TPSA) is 67.5 Å². The molecule has 2 aromatic heterocycles. The Hall–Kier alpha value is -2.76. The van der Waals surface area contributed by atoms with E-state index < -0.39 is 5.97 Å². The van der Waals surface area contributed by atoms with Gasteiger partial charge in [-0.05, 0) is 25.1 Å². The van der Waals surface area contributed by atoms with E-state index in [0.29, 0.717) is 22.6 Å². The maximum atomic E-state index is 13.7. The number of nitrogens with zero attached hydrogens (tertiary/aromatic N) is 3. The molecule has 3 aromatic rings. The van der Waals surface area contributed by atoms with Crippen LogP contribution in [0.5, 0.6) is 0 Å². The first-order valence-corrected chi connectivity index (χ1v) is 5.92. The predicted molar refractivity (Wildman–Crippen MR) is 70.1 cm³/mol. The first-order chi connectivity index (χ1) is 9.56. The molecular formula is C14H10FN3O2. The van der Waals surface area contributed by atoms with Crippen molar-refractivity contribution < 1.29 is 14.3 Å². The fourth-order valence-electron chi connectivity index (χ4n) is 2.04. The fraction of sp³-hybridized carbons (Fsp3) is 0.0714. The number of fused-ring (bicyclic) bond motifs is 1. The zero-order valence-corrected chi connectivity index (χ0v) is 10.5. The highest BCUT2D eigenvalue weighted by molar-refractivity contribution is 5.86. The van der Waals surface area contributed by atoms with E-state index >= 15 is 0 Å². The van der Waals surface area contributed by atoms with Gasteiger partial charge in [0.15, 0.2) is 11.3 Å². The summed E-state index contributed by atoms with van der Waals surface area (Å²) in [5.41, 5.74) is 1.71. The maximum Gasteiger partial charge on any atom is 0.354 e. The second-order valence-electron chi connectivity index (χ2n) is 4.37.